The predicted molar refractivity (Wildman–Crippen MR) is 211 cm³/mol. The summed E-state index contributed by atoms with van der Waals surface area (Å²) in [6, 6.07) is 52.0. The van der Waals surface area contributed by atoms with Gasteiger partial charge in [0.05, 0.1) is 0 Å². The number of fused-ring (bicyclic) bond motifs is 3. The molecule has 0 fully saturated rings. The molecule has 0 aliphatic heterocycles. The number of nitrogens with zero attached hydrogens (tertiary/aromatic N) is 1. The highest BCUT2D eigenvalue weighted by molar-refractivity contribution is 7.88. The van der Waals surface area contributed by atoms with E-state index in [0.29, 0.717) is 16.1 Å². The first kappa shape index (κ1) is 34.5. The lowest BCUT2D eigenvalue weighted by molar-refractivity contribution is -0.0500. The zero-order chi connectivity index (χ0) is 36.7. The van der Waals surface area contributed by atoms with E-state index < -0.39 is 21.4 Å². The van der Waals surface area contributed by atoms with E-state index in [1.54, 1.807) is 17.4 Å². The highest BCUT2D eigenvalue weighted by Crippen LogP contribution is 2.46. The molecule has 0 unspecified atom stereocenters. The van der Waals surface area contributed by atoms with Gasteiger partial charge in [-0.1, -0.05) is 96.5 Å². The van der Waals surface area contributed by atoms with E-state index in [-0.39, 0.29) is 0 Å². The molecule has 0 N–H and O–H groups in total. The first-order valence-corrected chi connectivity index (χ1v) is 19.0. The quantitative estimate of drug-likeness (QED) is 0.114. The summed E-state index contributed by atoms with van der Waals surface area (Å²) in [5, 5.41) is 2.70. The molecule has 0 amide bonds. The molecule has 7 aromatic carbocycles. The monoisotopic (exact) mass is 761 g/mol. The van der Waals surface area contributed by atoms with Gasteiger partial charge in [0.2, 0.25) is 0 Å². The van der Waals surface area contributed by atoms with E-state index in [4.69, 9.17) is 11.6 Å². The van der Waals surface area contributed by atoms with Crippen LogP contribution in [0, 0.1) is 0 Å². The molecule has 262 valence electrons. The Morgan fingerprint density at radius 1 is 0.547 bits per heavy atom. The van der Waals surface area contributed by atoms with Crippen molar-refractivity contribution in [1.82, 2.24) is 0 Å². The van der Waals surface area contributed by atoms with Crippen LogP contribution >= 0.6 is 22.9 Å². The number of alkyl halides is 3. The Balaban J connectivity index is 1.33. The fourth-order valence-corrected chi connectivity index (χ4v) is 8.32. The van der Waals surface area contributed by atoms with E-state index in [1.807, 2.05) is 84.9 Å². The molecular weight excluding hydrogens is 735 g/mol. The van der Waals surface area contributed by atoms with Crippen molar-refractivity contribution in [3.05, 3.63) is 169 Å². The number of anilines is 3. The zero-order valence-corrected chi connectivity index (χ0v) is 30.0. The second-order valence-electron chi connectivity index (χ2n) is 12.3. The molecule has 53 heavy (non-hydrogen) atoms. The smallest absolute Gasteiger partial charge is 0.376 e. The molecule has 0 saturated heterocycles. The number of benzene rings is 7. The van der Waals surface area contributed by atoms with E-state index in [9.17, 15) is 21.6 Å². The van der Waals surface area contributed by atoms with Crippen LogP contribution in [0.5, 0.6) is 5.75 Å². The molecule has 10 heteroatoms. The Morgan fingerprint density at radius 3 is 1.81 bits per heavy atom. The number of thiophene rings is 1. The third kappa shape index (κ3) is 6.87. The molecule has 8 rings (SSSR count). The van der Waals surface area contributed by atoms with Gasteiger partial charge in [0.15, 0.2) is 0 Å². The average molecular weight is 762 g/mol. The maximum atomic E-state index is 13.2. The van der Waals surface area contributed by atoms with E-state index in [2.05, 4.69) is 63.7 Å². The van der Waals surface area contributed by atoms with Gasteiger partial charge in [-0.15, -0.1) is 11.3 Å². The third-order valence-corrected chi connectivity index (χ3v) is 11.1. The fraction of sp³-hybridized carbons (Fsp3) is 0.0233. The van der Waals surface area contributed by atoms with Crippen molar-refractivity contribution in [3.8, 4) is 39.1 Å². The molecule has 0 radical (unpaired) electrons. The second kappa shape index (κ2) is 13.7. The van der Waals surface area contributed by atoms with Crippen LogP contribution in [0.1, 0.15) is 0 Å². The minimum Gasteiger partial charge on any atom is -0.376 e. The van der Waals surface area contributed by atoms with Crippen LogP contribution in [-0.4, -0.2) is 13.9 Å². The molecule has 8 aromatic rings. The summed E-state index contributed by atoms with van der Waals surface area (Å²) < 4.78 is 69.8. The van der Waals surface area contributed by atoms with Gasteiger partial charge < -0.3 is 9.08 Å². The summed E-state index contributed by atoms with van der Waals surface area (Å²) in [4.78, 5) is 2.18. The van der Waals surface area contributed by atoms with Gasteiger partial charge in [0.1, 0.15) is 5.75 Å². The minimum absolute atomic E-state index is 0.438. The largest absolute Gasteiger partial charge is 0.534 e. The van der Waals surface area contributed by atoms with Gasteiger partial charge in [0, 0.05) is 42.3 Å². The number of hydrogen-bond donors (Lipinski definition) is 0. The van der Waals surface area contributed by atoms with Crippen molar-refractivity contribution in [1.29, 1.82) is 0 Å². The van der Waals surface area contributed by atoms with Gasteiger partial charge in [-0.3, -0.25) is 0 Å². The van der Waals surface area contributed by atoms with Crippen LogP contribution in [0.4, 0.5) is 30.2 Å². The summed E-state index contributed by atoms with van der Waals surface area (Å²) in [7, 11) is -5.85. The van der Waals surface area contributed by atoms with E-state index in [0.717, 1.165) is 59.5 Å². The van der Waals surface area contributed by atoms with Gasteiger partial charge in [-0.2, -0.15) is 21.6 Å². The Kier molecular flexibility index (Phi) is 8.94. The predicted octanol–water partition coefficient (Wildman–Crippen LogP) is 13.4. The second-order valence-corrected chi connectivity index (χ2v) is 15.3. The molecule has 1 heterocycles. The molecule has 0 aliphatic carbocycles. The van der Waals surface area contributed by atoms with Crippen LogP contribution < -0.4 is 9.08 Å². The summed E-state index contributed by atoms with van der Waals surface area (Å²) in [6.45, 7) is 0. The van der Waals surface area contributed by atoms with Crippen LogP contribution in [0.2, 0.25) is 5.02 Å². The molecule has 1 aromatic heterocycles. The van der Waals surface area contributed by atoms with Gasteiger partial charge in [-0.25, -0.2) is 0 Å². The summed E-state index contributed by atoms with van der Waals surface area (Å²) in [5.74, 6) is -0.438. The van der Waals surface area contributed by atoms with Crippen LogP contribution in [0.3, 0.4) is 0 Å². The maximum absolute atomic E-state index is 13.2. The fourth-order valence-electron chi connectivity index (χ4n) is 6.46. The molecule has 4 nitrogen and oxygen atoms in total. The van der Waals surface area contributed by atoms with Crippen LogP contribution in [0.15, 0.2) is 164 Å². The van der Waals surface area contributed by atoms with Crippen molar-refractivity contribution in [2.24, 2.45) is 0 Å². The molecule has 0 saturated carbocycles. The minimum atomic E-state index is -5.85. The normalized spacial score (nSPS) is 11.9. The van der Waals surface area contributed by atoms with Crippen molar-refractivity contribution < 1.29 is 25.8 Å². The summed E-state index contributed by atoms with van der Waals surface area (Å²) in [5.41, 5.74) is 2.30. The van der Waals surface area contributed by atoms with Gasteiger partial charge >= 0.3 is 15.6 Å². The van der Waals surface area contributed by atoms with Gasteiger partial charge in [0.25, 0.3) is 0 Å². The van der Waals surface area contributed by atoms with Crippen molar-refractivity contribution in [3.63, 3.8) is 0 Å². The first-order valence-electron chi connectivity index (χ1n) is 16.4. The Labute approximate surface area is 313 Å². The summed E-state index contributed by atoms with van der Waals surface area (Å²) in [6.07, 6.45) is 0. The van der Waals surface area contributed by atoms with Crippen LogP contribution in [-0.2, 0) is 10.1 Å². The molecule has 0 spiro atoms. The molecule has 0 aliphatic rings. The summed E-state index contributed by atoms with van der Waals surface area (Å²) >= 11 is 7.92. The van der Waals surface area contributed by atoms with Crippen molar-refractivity contribution in [2.45, 2.75) is 5.51 Å². The lowest BCUT2D eigenvalue weighted by Gasteiger charge is -2.26. The number of rotatable bonds is 8. The standard InChI is InChI=1S/C43H27ClF3NO3S2/c44-33-13-7-10-28(22-33)30-20-21-38-40(26-30)52-41-27-32(29-11-9-19-37(24-29)51-53(49,50)43(45,46)47)25-39(42(38)41)31-12-8-18-36(23-31)48(34-14-3-1-4-15-34)35-16-5-2-6-17-35/h1-27H. The van der Waals surface area contributed by atoms with Crippen molar-refractivity contribution in [2.75, 3.05) is 4.90 Å². The average Bonchev–Trinajstić information content (AvgIpc) is 3.53. The van der Waals surface area contributed by atoms with Gasteiger partial charge in [-0.05, 0) is 112 Å². The molecular formula is C43H27ClF3NO3S2. The first-order chi connectivity index (χ1) is 25.5. The highest BCUT2D eigenvalue weighted by atomic mass is 35.5. The van der Waals surface area contributed by atoms with E-state index in [1.165, 1.54) is 18.2 Å². The number of hydrogen-bond acceptors (Lipinski definition) is 5. The number of para-hydroxylation sites is 2. The topological polar surface area (TPSA) is 46.6 Å². The van der Waals surface area contributed by atoms with Crippen molar-refractivity contribution >= 4 is 70.3 Å². The Hall–Kier alpha value is -5.61. The Morgan fingerprint density at radius 2 is 1.13 bits per heavy atom. The third-order valence-electron chi connectivity index (χ3n) is 8.83. The zero-order valence-electron chi connectivity index (χ0n) is 27.6. The highest BCUT2D eigenvalue weighted by Gasteiger charge is 2.48. The SMILES string of the molecule is O=S(=O)(Oc1cccc(-c2cc(-c3cccc(N(c4ccccc4)c4ccccc4)c3)c3c(c2)sc2cc(-c4cccc(Cl)c4)ccc23)c1)C(F)(F)F. The van der Waals surface area contributed by atoms with Crippen LogP contribution in [0.25, 0.3) is 53.6 Å². The number of halogens is 4. The lowest BCUT2D eigenvalue weighted by Crippen LogP contribution is -2.28. The molecule has 0 atom stereocenters. The van der Waals surface area contributed by atoms with E-state index >= 15 is 0 Å². The maximum Gasteiger partial charge on any atom is 0.534 e. The lowest BCUT2D eigenvalue weighted by atomic mass is 9.93. The Bertz CT molecular complexity index is 2700. The molecule has 0 bridgehead atoms.